The minimum Gasteiger partial charge on any atom is -0.395 e. The maximum Gasteiger partial charge on any atom is 0.243 e. The van der Waals surface area contributed by atoms with Gasteiger partial charge in [-0.2, -0.15) is 0 Å². The zero-order chi connectivity index (χ0) is 36.7. The molecule has 2 aromatic carbocycles. The van der Waals surface area contributed by atoms with Gasteiger partial charge in [-0.1, -0.05) is 88.4 Å². The van der Waals surface area contributed by atoms with Crippen molar-refractivity contribution in [2.45, 2.75) is 96.5 Å². The molecule has 0 aliphatic carbocycles. The number of ether oxygens (including phenoxy) is 1. The Morgan fingerprint density at radius 1 is 0.720 bits per heavy atom. The van der Waals surface area contributed by atoms with Crippen molar-refractivity contribution in [2.75, 3.05) is 26.3 Å². The Labute approximate surface area is 295 Å². The highest BCUT2D eigenvalue weighted by Crippen LogP contribution is 2.29. The standard InChI is InChI=1S/C38H55N5O7/c1-25(2)20-30(34(46)38(5)24-50-38)41-37(49)32(22-28-14-10-7-11-15-28)43-36(48)31(21-26(3)4)42-35(47)29(40-33(45)23-39-18-19-44)17-16-27-12-8-6-9-13-27/h6-15,25-26,29-32,39,44H,16-24H2,1-5H3,(H,40,45)(H,41,49)(H,42,47)(H,43,48)/t29-,30?,31?,32-,38?/m0/s1. The molecule has 0 spiro atoms. The van der Waals surface area contributed by atoms with E-state index in [0.717, 1.165) is 11.1 Å². The summed E-state index contributed by atoms with van der Waals surface area (Å²) in [6.07, 6.45) is 1.63. The van der Waals surface area contributed by atoms with Crippen LogP contribution >= 0.6 is 0 Å². The minimum absolute atomic E-state index is 0.000166. The van der Waals surface area contributed by atoms with Crippen LogP contribution in [-0.2, 0) is 41.6 Å². The molecular weight excluding hydrogens is 638 g/mol. The molecule has 0 aromatic heterocycles. The fourth-order valence-corrected chi connectivity index (χ4v) is 5.65. The van der Waals surface area contributed by atoms with Gasteiger partial charge in [-0.3, -0.25) is 24.0 Å². The molecule has 6 N–H and O–H groups in total. The Morgan fingerprint density at radius 3 is 1.78 bits per heavy atom. The Balaban J connectivity index is 1.81. The third-order valence-electron chi connectivity index (χ3n) is 8.48. The van der Waals surface area contributed by atoms with Gasteiger partial charge in [0.05, 0.1) is 25.8 Å². The first-order chi connectivity index (χ1) is 23.8. The number of benzene rings is 2. The molecule has 1 heterocycles. The van der Waals surface area contributed by atoms with E-state index in [1.807, 2.05) is 88.4 Å². The highest BCUT2D eigenvalue weighted by Gasteiger charge is 2.50. The SMILES string of the molecule is CC(C)CC(NC(=O)[C@H](CCc1ccccc1)NC(=O)CNCCO)C(=O)N[C@@H](Cc1ccccc1)C(=O)NC(CC(C)C)C(=O)C1(C)CO1. The Kier molecular flexibility index (Phi) is 16.0. The van der Waals surface area contributed by atoms with E-state index in [-0.39, 0.29) is 56.6 Å². The van der Waals surface area contributed by atoms with E-state index in [9.17, 15) is 24.0 Å². The Bertz CT molecular complexity index is 1400. The first kappa shape index (κ1) is 40.3. The number of epoxide rings is 1. The van der Waals surface area contributed by atoms with Crippen LogP contribution in [0.1, 0.15) is 65.0 Å². The molecule has 5 atom stereocenters. The normalized spacial score (nSPS) is 17.7. The van der Waals surface area contributed by atoms with E-state index in [0.29, 0.717) is 19.4 Å². The maximum absolute atomic E-state index is 14.0. The second-order valence-electron chi connectivity index (χ2n) is 14.1. The first-order valence-corrected chi connectivity index (χ1v) is 17.6. The number of carbonyl (C=O) groups excluding carboxylic acids is 5. The van der Waals surface area contributed by atoms with Crippen molar-refractivity contribution < 1.29 is 33.8 Å². The van der Waals surface area contributed by atoms with Crippen LogP contribution in [0.3, 0.4) is 0 Å². The molecule has 0 saturated carbocycles. The molecule has 274 valence electrons. The van der Waals surface area contributed by atoms with Crippen LogP contribution in [0, 0.1) is 11.8 Å². The van der Waals surface area contributed by atoms with Gasteiger partial charge in [0, 0.05) is 13.0 Å². The Morgan fingerprint density at radius 2 is 1.22 bits per heavy atom. The Hall–Kier alpha value is -4.13. The lowest BCUT2D eigenvalue weighted by Crippen LogP contribution is -2.59. The number of aliphatic hydroxyl groups excluding tert-OH is 1. The van der Waals surface area contributed by atoms with Crippen LogP contribution in [0.2, 0.25) is 0 Å². The number of aryl methyl sites for hydroxylation is 1. The van der Waals surface area contributed by atoms with Crippen LogP contribution in [0.25, 0.3) is 0 Å². The smallest absolute Gasteiger partial charge is 0.243 e. The average Bonchev–Trinajstić information content (AvgIpc) is 3.84. The van der Waals surface area contributed by atoms with E-state index >= 15 is 0 Å². The largest absolute Gasteiger partial charge is 0.395 e. The van der Waals surface area contributed by atoms with Crippen LogP contribution < -0.4 is 26.6 Å². The predicted octanol–water partition coefficient (Wildman–Crippen LogP) is 1.83. The number of hydrogen-bond donors (Lipinski definition) is 6. The summed E-state index contributed by atoms with van der Waals surface area (Å²) in [5.74, 6) is -2.10. The van der Waals surface area contributed by atoms with Gasteiger partial charge in [0.25, 0.3) is 0 Å². The molecule has 1 aliphatic rings. The van der Waals surface area contributed by atoms with Crippen molar-refractivity contribution in [2.24, 2.45) is 11.8 Å². The summed E-state index contributed by atoms with van der Waals surface area (Å²) in [6.45, 7) is 9.77. The van der Waals surface area contributed by atoms with Crippen LogP contribution in [0.15, 0.2) is 60.7 Å². The highest BCUT2D eigenvalue weighted by molar-refractivity contribution is 5.98. The summed E-state index contributed by atoms with van der Waals surface area (Å²) in [7, 11) is 0. The molecule has 1 saturated heterocycles. The molecule has 0 bridgehead atoms. The molecule has 12 nitrogen and oxygen atoms in total. The van der Waals surface area contributed by atoms with E-state index < -0.39 is 53.4 Å². The van der Waals surface area contributed by atoms with Crippen molar-refractivity contribution in [3.8, 4) is 0 Å². The summed E-state index contributed by atoms with van der Waals surface area (Å²) in [4.78, 5) is 67.6. The maximum atomic E-state index is 14.0. The van der Waals surface area contributed by atoms with Crippen LogP contribution in [0.5, 0.6) is 0 Å². The quantitative estimate of drug-likeness (QED) is 0.0799. The fourth-order valence-electron chi connectivity index (χ4n) is 5.65. The molecule has 1 aliphatic heterocycles. The highest BCUT2D eigenvalue weighted by atomic mass is 16.6. The predicted molar refractivity (Wildman–Crippen MR) is 191 cm³/mol. The number of aliphatic hydroxyl groups is 1. The number of ketones is 1. The first-order valence-electron chi connectivity index (χ1n) is 17.6. The minimum atomic E-state index is -1.04. The summed E-state index contributed by atoms with van der Waals surface area (Å²) in [5, 5.41) is 23.2. The van der Waals surface area contributed by atoms with E-state index in [2.05, 4.69) is 26.6 Å². The van der Waals surface area contributed by atoms with Crippen molar-refractivity contribution in [1.82, 2.24) is 26.6 Å². The monoisotopic (exact) mass is 693 g/mol. The van der Waals surface area contributed by atoms with Crippen LogP contribution in [-0.4, -0.2) is 90.6 Å². The molecule has 3 rings (SSSR count). The summed E-state index contributed by atoms with van der Waals surface area (Å²) in [5.41, 5.74) is 0.861. The molecule has 1 fully saturated rings. The fraction of sp³-hybridized carbons (Fsp3) is 0.553. The second-order valence-corrected chi connectivity index (χ2v) is 14.1. The lowest BCUT2D eigenvalue weighted by molar-refractivity contribution is -0.135. The van der Waals surface area contributed by atoms with Crippen molar-refractivity contribution in [3.63, 3.8) is 0 Å². The lowest BCUT2D eigenvalue weighted by atomic mass is 9.93. The van der Waals surface area contributed by atoms with Gasteiger partial charge >= 0.3 is 0 Å². The second kappa shape index (κ2) is 19.9. The van der Waals surface area contributed by atoms with Gasteiger partial charge in [-0.05, 0) is 55.6 Å². The van der Waals surface area contributed by atoms with E-state index in [1.165, 1.54) is 0 Å². The number of nitrogens with one attached hydrogen (secondary N) is 5. The van der Waals surface area contributed by atoms with Crippen molar-refractivity contribution in [3.05, 3.63) is 71.8 Å². The molecule has 12 heteroatoms. The summed E-state index contributed by atoms with van der Waals surface area (Å²) >= 11 is 0. The summed E-state index contributed by atoms with van der Waals surface area (Å²) < 4.78 is 5.39. The van der Waals surface area contributed by atoms with E-state index in [1.54, 1.807) is 6.92 Å². The van der Waals surface area contributed by atoms with Crippen molar-refractivity contribution >= 4 is 29.4 Å². The lowest BCUT2D eigenvalue weighted by Gasteiger charge is -2.28. The molecule has 4 amide bonds. The van der Waals surface area contributed by atoms with Crippen molar-refractivity contribution in [1.29, 1.82) is 0 Å². The van der Waals surface area contributed by atoms with Crippen LogP contribution in [0.4, 0.5) is 0 Å². The molecule has 0 radical (unpaired) electrons. The molecule has 3 unspecified atom stereocenters. The summed E-state index contributed by atoms with van der Waals surface area (Å²) in [6, 6.07) is 15.0. The molecular formula is C38H55N5O7. The van der Waals surface area contributed by atoms with Gasteiger partial charge in [0.2, 0.25) is 23.6 Å². The number of carbonyl (C=O) groups is 5. The van der Waals surface area contributed by atoms with E-state index in [4.69, 9.17) is 9.84 Å². The van der Waals surface area contributed by atoms with Gasteiger partial charge in [-0.15, -0.1) is 0 Å². The topological polar surface area (TPSA) is 178 Å². The third-order valence-corrected chi connectivity index (χ3v) is 8.48. The van der Waals surface area contributed by atoms with Gasteiger partial charge < -0.3 is 36.4 Å². The number of amides is 4. The van der Waals surface area contributed by atoms with Gasteiger partial charge in [0.1, 0.15) is 23.7 Å². The van der Waals surface area contributed by atoms with Gasteiger partial charge in [-0.25, -0.2) is 0 Å². The third kappa shape index (κ3) is 13.6. The number of hydrogen-bond acceptors (Lipinski definition) is 8. The van der Waals surface area contributed by atoms with Gasteiger partial charge in [0.15, 0.2) is 5.78 Å². The molecule has 50 heavy (non-hydrogen) atoms. The number of Topliss-reactive ketones (excluding diaryl/α,β-unsaturated/α-hetero) is 1. The zero-order valence-corrected chi connectivity index (χ0v) is 30.0. The average molecular weight is 694 g/mol. The molecule has 2 aromatic rings. The number of rotatable bonds is 22. The zero-order valence-electron chi connectivity index (χ0n) is 30.0.